The molecule has 3 N–H and O–H groups in total. The number of nitrogens with one attached hydrogen (secondary N) is 1. The topological polar surface area (TPSA) is 82.5 Å². The highest BCUT2D eigenvalue weighted by molar-refractivity contribution is 7.13. The molecule has 0 saturated heterocycles. The highest BCUT2D eigenvalue weighted by Crippen LogP contribution is 2.35. The number of phenolic OH excluding ortho intramolecular Hbond substituents is 1. The van der Waals surface area contributed by atoms with Crippen LogP contribution in [0.3, 0.4) is 0 Å². The first kappa shape index (κ1) is 20.4. The van der Waals surface area contributed by atoms with Gasteiger partial charge in [-0.2, -0.15) is 0 Å². The van der Waals surface area contributed by atoms with Crippen molar-refractivity contribution in [3.8, 4) is 27.4 Å². The summed E-state index contributed by atoms with van der Waals surface area (Å²) in [5.74, 6) is 0.571. The van der Waals surface area contributed by atoms with E-state index >= 15 is 0 Å². The number of anilines is 1. The Bertz CT molecular complexity index is 1020. The second-order valence-corrected chi connectivity index (χ2v) is 9.01. The summed E-state index contributed by atoms with van der Waals surface area (Å²) in [5, 5.41) is 25.1. The fraction of sp³-hybridized carbons (Fsp3) is 0.333. The summed E-state index contributed by atoms with van der Waals surface area (Å²) in [5.41, 5.74) is 3.58. The smallest absolute Gasteiger partial charge is 0.306 e. The molecule has 0 aliphatic heterocycles. The lowest BCUT2D eigenvalue weighted by Crippen LogP contribution is -2.25. The van der Waals surface area contributed by atoms with Gasteiger partial charge in [0, 0.05) is 17.0 Å². The Labute approximate surface area is 180 Å². The van der Waals surface area contributed by atoms with E-state index in [1.165, 1.54) is 0 Å². The maximum Gasteiger partial charge on any atom is 0.306 e. The Hall–Kier alpha value is -2.86. The lowest BCUT2D eigenvalue weighted by atomic mass is 9.82. The quantitative estimate of drug-likeness (QED) is 0.468. The molecule has 1 aliphatic rings. The van der Waals surface area contributed by atoms with Gasteiger partial charge in [0.25, 0.3) is 0 Å². The number of carbonyl (C=O) groups is 1. The number of benzene rings is 1. The Morgan fingerprint density at radius 3 is 2.67 bits per heavy atom. The fourth-order valence-electron chi connectivity index (χ4n) is 4.06. The summed E-state index contributed by atoms with van der Waals surface area (Å²) in [7, 11) is 0. The van der Waals surface area contributed by atoms with E-state index in [-0.39, 0.29) is 11.7 Å². The molecule has 6 heteroatoms. The lowest BCUT2D eigenvalue weighted by molar-refractivity contribution is -0.143. The van der Waals surface area contributed by atoms with Crippen LogP contribution in [0.1, 0.15) is 31.2 Å². The molecule has 0 bridgehead atoms. The van der Waals surface area contributed by atoms with Gasteiger partial charge in [-0.15, -0.1) is 11.3 Å². The number of carboxylic acids is 1. The van der Waals surface area contributed by atoms with Crippen molar-refractivity contribution in [2.75, 3.05) is 11.9 Å². The third kappa shape index (κ3) is 4.65. The van der Waals surface area contributed by atoms with E-state index in [0.29, 0.717) is 5.92 Å². The van der Waals surface area contributed by atoms with Crippen molar-refractivity contribution in [3.63, 3.8) is 0 Å². The molecule has 4 rings (SSSR count). The molecule has 3 aromatic rings. The number of aliphatic carboxylic acids is 1. The zero-order chi connectivity index (χ0) is 21.1. The molecule has 0 unspecified atom stereocenters. The summed E-state index contributed by atoms with van der Waals surface area (Å²) >= 11 is 1.67. The number of aromatic hydroxyl groups is 1. The number of aryl methyl sites for hydroxylation is 1. The van der Waals surface area contributed by atoms with Crippen molar-refractivity contribution in [1.29, 1.82) is 0 Å². The minimum atomic E-state index is -0.672. The van der Waals surface area contributed by atoms with Gasteiger partial charge in [-0.3, -0.25) is 4.79 Å². The Balaban J connectivity index is 1.57. The number of pyridine rings is 1. The zero-order valence-electron chi connectivity index (χ0n) is 17.0. The summed E-state index contributed by atoms with van der Waals surface area (Å²) < 4.78 is 0. The number of aromatic nitrogens is 1. The summed E-state index contributed by atoms with van der Waals surface area (Å²) in [4.78, 5) is 17.1. The number of carboxylic acid groups (broad SMARTS) is 1. The second kappa shape index (κ2) is 8.88. The van der Waals surface area contributed by atoms with Crippen molar-refractivity contribution in [2.45, 2.75) is 32.6 Å². The number of rotatable bonds is 6. The van der Waals surface area contributed by atoms with E-state index < -0.39 is 5.97 Å². The number of nitrogens with zero attached hydrogens (tertiary/aromatic N) is 1. The molecule has 5 nitrogen and oxygen atoms in total. The second-order valence-electron chi connectivity index (χ2n) is 8.06. The largest absolute Gasteiger partial charge is 0.507 e. The number of hydrogen-bond donors (Lipinski definition) is 3. The predicted molar refractivity (Wildman–Crippen MR) is 121 cm³/mol. The van der Waals surface area contributed by atoms with Crippen molar-refractivity contribution in [3.05, 3.63) is 53.4 Å². The molecule has 1 aliphatic carbocycles. The van der Waals surface area contributed by atoms with E-state index in [1.54, 1.807) is 17.4 Å². The zero-order valence-corrected chi connectivity index (χ0v) is 17.8. The Kier molecular flexibility index (Phi) is 6.04. The minimum absolute atomic E-state index is 0.197. The molecule has 1 fully saturated rings. The van der Waals surface area contributed by atoms with E-state index in [0.717, 1.165) is 65.3 Å². The molecule has 2 aromatic heterocycles. The summed E-state index contributed by atoms with van der Waals surface area (Å²) in [6, 6.07) is 13.7. The van der Waals surface area contributed by atoms with Crippen LogP contribution < -0.4 is 5.32 Å². The van der Waals surface area contributed by atoms with Gasteiger partial charge in [0.15, 0.2) is 0 Å². The summed E-state index contributed by atoms with van der Waals surface area (Å²) in [6.45, 7) is 2.77. The molecule has 1 aromatic carbocycles. The van der Waals surface area contributed by atoms with Crippen LogP contribution in [0, 0.1) is 18.8 Å². The van der Waals surface area contributed by atoms with Crippen molar-refractivity contribution in [1.82, 2.24) is 4.98 Å². The van der Waals surface area contributed by atoms with Gasteiger partial charge < -0.3 is 15.5 Å². The Morgan fingerprint density at radius 1 is 1.17 bits per heavy atom. The average Bonchev–Trinajstić information content (AvgIpc) is 3.29. The van der Waals surface area contributed by atoms with Crippen LogP contribution in [0.5, 0.6) is 5.75 Å². The molecule has 30 heavy (non-hydrogen) atoms. The highest BCUT2D eigenvalue weighted by Gasteiger charge is 2.25. The van der Waals surface area contributed by atoms with Gasteiger partial charge in [-0.05, 0) is 79.8 Å². The van der Waals surface area contributed by atoms with Crippen molar-refractivity contribution in [2.24, 2.45) is 11.8 Å². The van der Waals surface area contributed by atoms with Gasteiger partial charge in [-0.1, -0.05) is 17.7 Å². The summed E-state index contributed by atoms with van der Waals surface area (Å²) in [6.07, 6.45) is 3.32. The van der Waals surface area contributed by atoms with Crippen molar-refractivity contribution < 1.29 is 15.0 Å². The minimum Gasteiger partial charge on any atom is -0.507 e. The standard InChI is InChI=1S/C24H26N2O3S/c1-15-4-9-21(27)19(11-15)20-12-18(22-3-2-10-30-22)13-23(26-20)25-14-16-5-7-17(8-6-16)24(28)29/h2-4,9-13,16-17,27H,5-8,14H2,1H3,(H,25,26)(H,28,29). The van der Waals surface area contributed by atoms with Crippen LogP contribution in [0.4, 0.5) is 5.82 Å². The first-order chi connectivity index (χ1) is 14.5. The Morgan fingerprint density at radius 2 is 1.97 bits per heavy atom. The van der Waals surface area contributed by atoms with Crippen LogP contribution in [0.15, 0.2) is 47.8 Å². The third-order valence-electron chi connectivity index (χ3n) is 5.83. The highest BCUT2D eigenvalue weighted by atomic mass is 32.1. The number of hydrogen-bond acceptors (Lipinski definition) is 5. The SMILES string of the molecule is Cc1ccc(O)c(-c2cc(-c3cccs3)cc(NCC3CCC(C(=O)O)CC3)n2)c1. The normalized spacial score (nSPS) is 18.8. The molecule has 0 atom stereocenters. The third-order valence-corrected chi connectivity index (χ3v) is 6.75. The monoisotopic (exact) mass is 422 g/mol. The fourth-order valence-corrected chi connectivity index (χ4v) is 4.78. The molecular weight excluding hydrogens is 396 g/mol. The number of thiophene rings is 1. The average molecular weight is 423 g/mol. The number of phenols is 1. The van der Waals surface area contributed by atoms with Crippen molar-refractivity contribution >= 4 is 23.1 Å². The molecule has 0 spiro atoms. The van der Waals surface area contributed by atoms with Crippen LogP contribution in [0.25, 0.3) is 21.7 Å². The molecule has 1 saturated carbocycles. The first-order valence-corrected chi connectivity index (χ1v) is 11.2. The van der Waals surface area contributed by atoms with Crippen LogP contribution in [-0.2, 0) is 4.79 Å². The van der Waals surface area contributed by atoms with Gasteiger partial charge in [-0.25, -0.2) is 4.98 Å². The molecule has 156 valence electrons. The van der Waals surface area contributed by atoms with Crippen LogP contribution in [0.2, 0.25) is 0 Å². The van der Waals surface area contributed by atoms with E-state index in [1.807, 2.05) is 42.6 Å². The maximum absolute atomic E-state index is 11.2. The van der Waals surface area contributed by atoms with Crippen LogP contribution >= 0.6 is 11.3 Å². The van der Waals surface area contributed by atoms with Gasteiger partial charge >= 0.3 is 5.97 Å². The van der Waals surface area contributed by atoms with Crippen LogP contribution in [-0.4, -0.2) is 27.7 Å². The molecule has 0 radical (unpaired) electrons. The van der Waals surface area contributed by atoms with Gasteiger partial charge in [0.05, 0.1) is 11.6 Å². The lowest BCUT2D eigenvalue weighted by Gasteiger charge is -2.26. The van der Waals surface area contributed by atoms with Gasteiger partial charge in [0.2, 0.25) is 0 Å². The van der Waals surface area contributed by atoms with Gasteiger partial charge in [0.1, 0.15) is 11.6 Å². The van der Waals surface area contributed by atoms with E-state index in [2.05, 4.69) is 11.4 Å². The molecule has 2 heterocycles. The van der Waals surface area contributed by atoms with E-state index in [4.69, 9.17) is 4.98 Å². The maximum atomic E-state index is 11.2. The molecule has 0 amide bonds. The van der Waals surface area contributed by atoms with E-state index in [9.17, 15) is 15.0 Å². The molecular formula is C24H26N2O3S. The first-order valence-electron chi connectivity index (χ1n) is 10.3. The predicted octanol–water partition coefficient (Wildman–Crippen LogP) is 5.79.